The number of aryl methyl sites for hydroxylation is 1. The number of rotatable bonds is 7. The van der Waals surface area contributed by atoms with Gasteiger partial charge in [0, 0.05) is 24.6 Å². The Balaban J connectivity index is 1.47. The molecule has 0 saturated heterocycles. The summed E-state index contributed by atoms with van der Waals surface area (Å²) in [4.78, 5) is 20.3. The summed E-state index contributed by atoms with van der Waals surface area (Å²) < 4.78 is 19.7. The third-order valence-corrected chi connectivity index (χ3v) is 8.96. The lowest BCUT2D eigenvalue weighted by molar-refractivity contribution is 0.268. The predicted octanol–water partition coefficient (Wildman–Crippen LogP) is 5.35. The van der Waals surface area contributed by atoms with Crippen LogP contribution in [0.25, 0.3) is 11.0 Å². The molecule has 0 fully saturated rings. The van der Waals surface area contributed by atoms with Crippen LogP contribution in [0.5, 0.6) is 5.75 Å². The molecule has 2 aromatic heterocycles. The van der Waals surface area contributed by atoms with E-state index in [0.717, 1.165) is 30.7 Å². The van der Waals surface area contributed by atoms with Crippen molar-refractivity contribution in [3.8, 4) is 5.75 Å². The van der Waals surface area contributed by atoms with E-state index < -0.39 is 7.14 Å². The van der Waals surface area contributed by atoms with Crippen LogP contribution >= 0.6 is 23.1 Å². The second-order valence-electron chi connectivity index (χ2n) is 10.1. The van der Waals surface area contributed by atoms with E-state index in [-0.39, 0.29) is 0 Å². The summed E-state index contributed by atoms with van der Waals surface area (Å²) in [6, 6.07) is 8.51. The molecule has 5 rings (SSSR count). The summed E-state index contributed by atoms with van der Waals surface area (Å²) in [7, 11) is 3.23. The molecule has 0 saturated carbocycles. The van der Waals surface area contributed by atoms with Crippen molar-refractivity contribution < 1.29 is 9.30 Å². The number of aromatic nitrogens is 4. The quantitative estimate of drug-likeness (QED) is 0.274. The highest BCUT2D eigenvalue weighted by Crippen LogP contribution is 2.41. The minimum atomic E-state index is -2.71. The summed E-state index contributed by atoms with van der Waals surface area (Å²) >= 11 is 3.55. The van der Waals surface area contributed by atoms with E-state index in [1.54, 1.807) is 39.0 Å². The zero-order valence-corrected chi connectivity index (χ0v) is 24.6. The number of fused-ring (bicyclic) bond motifs is 2. The lowest BCUT2D eigenvalue weighted by atomic mass is 9.87. The molecule has 1 atom stereocenters. The monoisotopic (exact) mass is 595 g/mol. The maximum Gasteiger partial charge on any atom is 0.229 e. The van der Waals surface area contributed by atoms with Gasteiger partial charge in [-0.2, -0.15) is 4.98 Å². The zero-order valence-electron chi connectivity index (χ0n) is 22.1. The van der Waals surface area contributed by atoms with Gasteiger partial charge in [0.25, 0.3) is 0 Å². The number of benzene rings is 2. The fraction of sp³-hybridized carbons (Fsp3) is 0.333. The topological polar surface area (TPSA) is 105 Å². The Labute approximate surface area is 231 Å². The van der Waals surface area contributed by atoms with E-state index in [9.17, 15) is 4.57 Å². The molecule has 2 heterocycles. The van der Waals surface area contributed by atoms with E-state index >= 15 is 0 Å². The molecule has 38 heavy (non-hydrogen) atoms. The third-order valence-electron chi connectivity index (χ3n) is 6.85. The molecule has 11 heteroatoms. The number of nitrogens with zero attached hydrogens (tertiary/aromatic N) is 5. The Morgan fingerprint density at radius 3 is 2.58 bits per heavy atom. The van der Waals surface area contributed by atoms with Gasteiger partial charge in [-0.15, -0.1) is 0 Å². The summed E-state index contributed by atoms with van der Waals surface area (Å²) in [6.45, 7) is 3.46. The highest BCUT2D eigenvalue weighted by molar-refractivity contribution is 9.10. The van der Waals surface area contributed by atoms with E-state index in [1.165, 1.54) is 11.1 Å². The van der Waals surface area contributed by atoms with Crippen LogP contribution in [0.4, 0.5) is 23.1 Å². The Bertz CT molecular complexity index is 1560. The Hall–Kier alpha value is -3.07. The molecule has 0 radical (unpaired) electrons. The number of ether oxygens (including phenoxy) is 1. The number of nitrogens with one attached hydrogen (secondary N) is 2. The highest BCUT2D eigenvalue weighted by atomic mass is 79.9. The fourth-order valence-electron chi connectivity index (χ4n) is 4.91. The van der Waals surface area contributed by atoms with Gasteiger partial charge in [-0.05, 0) is 98.0 Å². The van der Waals surface area contributed by atoms with Crippen molar-refractivity contribution >= 4 is 62.6 Å². The van der Waals surface area contributed by atoms with Crippen LogP contribution in [0.2, 0.25) is 0 Å². The molecule has 9 nitrogen and oxygen atoms in total. The summed E-state index contributed by atoms with van der Waals surface area (Å²) in [5.74, 6) is 1.69. The van der Waals surface area contributed by atoms with Gasteiger partial charge < -0.3 is 24.8 Å². The minimum absolute atomic E-state index is 0.411. The number of hydrogen-bond donors (Lipinski definition) is 2. The number of methoxy groups -OCH3 is 1. The Morgan fingerprint density at radius 2 is 1.84 bits per heavy atom. The van der Waals surface area contributed by atoms with Crippen LogP contribution in [-0.2, 0) is 17.4 Å². The van der Waals surface area contributed by atoms with Crippen molar-refractivity contribution in [2.24, 2.45) is 0 Å². The third kappa shape index (κ3) is 5.39. The molecule has 198 valence electrons. The van der Waals surface area contributed by atoms with Crippen LogP contribution in [0.3, 0.4) is 0 Å². The van der Waals surface area contributed by atoms with Crippen molar-refractivity contribution in [1.29, 1.82) is 0 Å². The molecular weight excluding hydrogens is 565 g/mol. The Kier molecular flexibility index (Phi) is 7.40. The van der Waals surface area contributed by atoms with Crippen LogP contribution < -0.4 is 20.7 Å². The molecule has 4 aromatic rings. The van der Waals surface area contributed by atoms with Gasteiger partial charge in [0.2, 0.25) is 5.95 Å². The van der Waals surface area contributed by atoms with Gasteiger partial charge in [0.05, 0.1) is 33.8 Å². The van der Waals surface area contributed by atoms with E-state index in [1.807, 2.05) is 12.1 Å². The largest absolute Gasteiger partial charge is 0.495 e. The number of anilines is 4. The average Bonchev–Trinajstić information content (AvgIpc) is 2.89. The first kappa shape index (κ1) is 26.5. The van der Waals surface area contributed by atoms with E-state index in [4.69, 9.17) is 9.72 Å². The average molecular weight is 596 g/mol. The van der Waals surface area contributed by atoms with Crippen molar-refractivity contribution in [2.45, 2.75) is 25.3 Å². The lowest BCUT2D eigenvalue weighted by Gasteiger charge is -2.30. The SMILES string of the molecule is COc1cc2c(cc1Nc1ncc(Br)c(Nc3ccc4nccnc4c3P(C)(C)=O)n1)CC[C@@H](N(C)C)C2. The second kappa shape index (κ2) is 10.6. The zero-order chi connectivity index (χ0) is 27.0. The molecule has 1 aliphatic carbocycles. The minimum Gasteiger partial charge on any atom is -0.495 e. The van der Waals surface area contributed by atoms with Gasteiger partial charge in [-0.3, -0.25) is 9.97 Å². The van der Waals surface area contributed by atoms with Crippen LogP contribution in [-0.4, -0.2) is 65.4 Å². The van der Waals surface area contributed by atoms with Gasteiger partial charge in [0.15, 0.2) is 0 Å². The normalized spacial score (nSPS) is 15.4. The maximum atomic E-state index is 13.3. The molecule has 1 aliphatic rings. The number of halogens is 1. The standard InChI is InChI=1S/C27H31BrN7O2P/c1-35(2)18-7-6-16-13-22(23(37-3)14-17(16)12-18)33-27-31-15-19(28)26(34-27)32-21-9-8-20-24(30-11-10-29-20)25(21)38(4,5)36/h8-11,13-15,18H,6-7,12H2,1-5H3,(H2,31,32,33,34)/t18-/m1/s1. The van der Waals surface area contributed by atoms with E-state index in [2.05, 4.69) is 72.6 Å². The predicted molar refractivity (Wildman–Crippen MR) is 157 cm³/mol. The highest BCUT2D eigenvalue weighted by Gasteiger charge is 2.24. The maximum absolute atomic E-state index is 13.3. The van der Waals surface area contributed by atoms with Crippen molar-refractivity contribution in [2.75, 3.05) is 45.2 Å². The van der Waals surface area contributed by atoms with Crippen molar-refractivity contribution in [3.05, 3.63) is 58.5 Å². The molecule has 0 amide bonds. The molecule has 0 spiro atoms. The number of hydrogen-bond acceptors (Lipinski definition) is 9. The molecular formula is C27H31BrN7O2P. The van der Waals surface area contributed by atoms with Crippen molar-refractivity contribution in [3.63, 3.8) is 0 Å². The van der Waals surface area contributed by atoms with Crippen LogP contribution in [0, 0.1) is 0 Å². The van der Waals surface area contributed by atoms with E-state index in [0.29, 0.717) is 44.3 Å². The lowest BCUT2D eigenvalue weighted by Crippen LogP contribution is -2.33. The Morgan fingerprint density at radius 1 is 1.05 bits per heavy atom. The molecule has 0 unspecified atom stereocenters. The first-order valence-electron chi connectivity index (χ1n) is 12.4. The molecule has 0 aliphatic heterocycles. The number of likely N-dealkylation sites (N-methyl/N-ethyl adjacent to an activating group) is 1. The van der Waals surface area contributed by atoms with Crippen LogP contribution in [0.15, 0.2) is 47.3 Å². The van der Waals surface area contributed by atoms with Gasteiger partial charge in [0.1, 0.15) is 24.2 Å². The smallest absolute Gasteiger partial charge is 0.229 e. The second-order valence-corrected chi connectivity index (χ2v) is 14.1. The molecule has 2 N–H and O–H groups in total. The molecule has 2 aromatic carbocycles. The molecule has 0 bridgehead atoms. The van der Waals surface area contributed by atoms with Crippen LogP contribution in [0.1, 0.15) is 17.5 Å². The fourth-order valence-corrected chi connectivity index (χ4v) is 6.59. The van der Waals surface area contributed by atoms with Crippen molar-refractivity contribution in [1.82, 2.24) is 24.8 Å². The first-order chi connectivity index (χ1) is 18.1. The van der Waals surface area contributed by atoms with Gasteiger partial charge >= 0.3 is 0 Å². The first-order valence-corrected chi connectivity index (χ1v) is 15.8. The summed E-state index contributed by atoms with van der Waals surface area (Å²) in [5, 5.41) is 7.32. The van der Waals surface area contributed by atoms with Gasteiger partial charge in [-0.25, -0.2) is 4.98 Å². The summed E-state index contributed by atoms with van der Waals surface area (Å²) in [5.41, 5.74) is 5.41. The summed E-state index contributed by atoms with van der Waals surface area (Å²) in [6.07, 6.45) is 8.05. The van der Waals surface area contributed by atoms with Gasteiger partial charge in [-0.1, -0.05) is 0 Å².